The second-order valence-electron chi connectivity index (χ2n) is 6.87. The van der Waals surface area contributed by atoms with E-state index in [1.54, 1.807) is 55.5 Å². The number of aromatic hydroxyl groups is 1. The number of benzene rings is 3. The summed E-state index contributed by atoms with van der Waals surface area (Å²) in [7, 11) is 0. The molecule has 9 heteroatoms. The van der Waals surface area contributed by atoms with E-state index in [4.69, 9.17) is 0 Å². The van der Waals surface area contributed by atoms with Crippen molar-refractivity contribution in [1.29, 1.82) is 0 Å². The predicted molar refractivity (Wildman–Crippen MR) is 114 cm³/mol. The van der Waals surface area contributed by atoms with Crippen LogP contribution in [0.3, 0.4) is 0 Å². The Hall–Kier alpha value is -4.11. The van der Waals surface area contributed by atoms with Crippen LogP contribution in [-0.2, 0) is 5.60 Å². The Kier molecular flexibility index (Phi) is 6.07. The molecule has 0 saturated carbocycles. The molecule has 0 heterocycles. The Balaban J connectivity index is 2.08. The van der Waals surface area contributed by atoms with E-state index in [1.807, 2.05) is 12.1 Å². The van der Waals surface area contributed by atoms with Gasteiger partial charge in [0, 0.05) is 17.8 Å². The Morgan fingerprint density at radius 1 is 0.935 bits per heavy atom. The van der Waals surface area contributed by atoms with Gasteiger partial charge in [-0.2, -0.15) is 0 Å². The van der Waals surface area contributed by atoms with Crippen molar-refractivity contribution in [3.8, 4) is 5.75 Å². The third-order valence-corrected chi connectivity index (χ3v) is 4.98. The lowest BCUT2D eigenvalue weighted by Crippen LogP contribution is -2.38. The van der Waals surface area contributed by atoms with Crippen LogP contribution >= 0.6 is 0 Å². The number of phenolic OH excluding ortho intramolecular Hbond substituents is 1. The Morgan fingerprint density at radius 3 is 1.90 bits per heavy atom. The van der Waals surface area contributed by atoms with Gasteiger partial charge in [-0.25, -0.2) is 0 Å². The van der Waals surface area contributed by atoms with E-state index in [1.165, 1.54) is 0 Å². The average molecular weight is 421 g/mol. The summed E-state index contributed by atoms with van der Waals surface area (Å²) in [6, 6.07) is 18.5. The minimum Gasteiger partial charge on any atom is -0.502 e. The van der Waals surface area contributed by atoms with Gasteiger partial charge in [0.15, 0.2) is 0 Å². The van der Waals surface area contributed by atoms with Gasteiger partial charge >= 0.3 is 5.69 Å². The monoisotopic (exact) mass is 421 g/mol. The molecule has 2 N–H and O–H groups in total. The van der Waals surface area contributed by atoms with Crippen molar-refractivity contribution >= 4 is 17.6 Å². The molecule has 3 aromatic rings. The molecule has 0 aromatic heterocycles. The number of rotatable bonds is 7. The molecular weight excluding hydrogens is 402 g/mol. The normalized spacial score (nSPS) is 12.6. The highest BCUT2D eigenvalue weighted by Crippen LogP contribution is 2.36. The van der Waals surface area contributed by atoms with Gasteiger partial charge in [-0.15, -0.1) is 0 Å². The van der Waals surface area contributed by atoms with Crippen LogP contribution in [0.5, 0.6) is 5.75 Å². The van der Waals surface area contributed by atoms with Crippen LogP contribution in [0, 0.1) is 20.2 Å². The number of non-ortho nitro benzene ring substituents is 1. The Bertz CT molecular complexity index is 1090. The number of nitro groups is 2. The minimum absolute atomic E-state index is 0.198. The van der Waals surface area contributed by atoms with Gasteiger partial charge in [-0.3, -0.25) is 25.2 Å². The SMILES string of the molecule is CC(N=Cc1cc([N+](=O)[O-])cc([N+](=O)[O-])c1O)C(O)(c1ccccc1)c1ccccc1. The van der Waals surface area contributed by atoms with Gasteiger partial charge in [-0.1, -0.05) is 60.7 Å². The number of hydrogen-bond acceptors (Lipinski definition) is 7. The maximum Gasteiger partial charge on any atom is 0.318 e. The molecule has 3 rings (SSSR count). The van der Waals surface area contributed by atoms with Crippen LogP contribution in [-0.4, -0.2) is 32.3 Å². The lowest BCUT2D eigenvalue weighted by atomic mass is 9.81. The van der Waals surface area contributed by atoms with E-state index in [-0.39, 0.29) is 5.56 Å². The summed E-state index contributed by atoms with van der Waals surface area (Å²) in [4.78, 5) is 24.9. The molecular formula is C22H19N3O6. The quantitative estimate of drug-likeness (QED) is 0.336. The van der Waals surface area contributed by atoms with E-state index < -0.39 is 38.6 Å². The van der Waals surface area contributed by atoms with Gasteiger partial charge in [0.2, 0.25) is 5.75 Å². The first-order chi connectivity index (χ1) is 14.7. The van der Waals surface area contributed by atoms with Crippen molar-refractivity contribution in [3.63, 3.8) is 0 Å². The number of hydrogen-bond donors (Lipinski definition) is 2. The molecule has 158 valence electrons. The fourth-order valence-corrected chi connectivity index (χ4v) is 3.30. The van der Waals surface area contributed by atoms with Crippen LogP contribution in [0.4, 0.5) is 11.4 Å². The van der Waals surface area contributed by atoms with Crippen molar-refractivity contribution < 1.29 is 20.1 Å². The molecule has 0 radical (unpaired) electrons. The number of aliphatic hydroxyl groups is 1. The van der Waals surface area contributed by atoms with Crippen LogP contribution in [0.1, 0.15) is 23.6 Å². The topological polar surface area (TPSA) is 139 Å². The Morgan fingerprint density at radius 2 is 1.45 bits per heavy atom. The van der Waals surface area contributed by atoms with Crippen molar-refractivity contribution in [1.82, 2.24) is 0 Å². The second kappa shape index (κ2) is 8.72. The molecule has 0 saturated heterocycles. The Labute approximate surface area is 177 Å². The first-order valence-corrected chi connectivity index (χ1v) is 9.27. The van der Waals surface area contributed by atoms with E-state index in [0.717, 1.165) is 12.3 Å². The number of nitro benzene ring substituents is 2. The second-order valence-corrected chi connectivity index (χ2v) is 6.87. The summed E-state index contributed by atoms with van der Waals surface area (Å²) in [5, 5.41) is 44.1. The van der Waals surface area contributed by atoms with Crippen LogP contribution in [0.25, 0.3) is 0 Å². The third-order valence-electron chi connectivity index (χ3n) is 4.98. The van der Waals surface area contributed by atoms with Gasteiger partial charge in [0.1, 0.15) is 5.60 Å². The summed E-state index contributed by atoms with van der Waals surface area (Å²) in [6.45, 7) is 1.64. The van der Waals surface area contributed by atoms with Crippen molar-refractivity contribution in [2.75, 3.05) is 0 Å². The van der Waals surface area contributed by atoms with Gasteiger partial charge in [0.05, 0.1) is 22.0 Å². The van der Waals surface area contributed by atoms with E-state index >= 15 is 0 Å². The molecule has 0 bridgehead atoms. The summed E-state index contributed by atoms with van der Waals surface area (Å²) < 4.78 is 0. The van der Waals surface area contributed by atoms with Crippen LogP contribution in [0.2, 0.25) is 0 Å². The first kappa shape index (κ1) is 21.6. The zero-order chi connectivity index (χ0) is 22.6. The molecule has 0 aliphatic heterocycles. The van der Waals surface area contributed by atoms with Crippen LogP contribution in [0.15, 0.2) is 77.8 Å². The van der Waals surface area contributed by atoms with Gasteiger partial charge < -0.3 is 10.2 Å². The highest BCUT2D eigenvalue weighted by molar-refractivity contribution is 5.87. The van der Waals surface area contributed by atoms with E-state index in [9.17, 15) is 30.4 Å². The van der Waals surface area contributed by atoms with E-state index in [2.05, 4.69) is 4.99 Å². The summed E-state index contributed by atoms with van der Waals surface area (Å²) >= 11 is 0. The minimum atomic E-state index is -1.55. The molecule has 1 unspecified atom stereocenters. The maximum absolute atomic E-state index is 11.7. The largest absolute Gasteiger partial charge is 0.502 e. The molecule has 0 fully saturated rings. The molecule has 9 nitrogen and oxygen atoms in total. The van der Waals surface area contributed by atoms with Gasteiger partial charge in [0.25, 0.3) is 5.69 Å². The fourth-order valence-electron chi connectivity index (χ4n) is 3.30. The summed E-state index contributed by atoms with van der Waals surface area (Å²) in [5.74, 6) is -0.741. The molecule has 0 amide bonds. The standard InChI is InChI=1S/C22H19N3O6/c1-15(22(27,17-8-4-2-5-9-17)18-10-6-3-7-11-18)23-14-16-12-19(24(28)29)13-20(21(16)26)25(30)31/h2-15,26-27H,1H3. The number of nitrogens with zero attached hydrogens (tertiary/aromatic N) is 3. The smallest absolute Gasteiger partial charge is 0.318 e. The van der Waals surface area contributed by atoms with Crippen LogP contribution < -0.4 is 0 Å². The lowest BCUT2D eigenvalue weighted by molar-refractivity contribution is -0.394. The number of phenols is 1. The summed E-state index contributed by atoms with van der Waals surface area (Å²) in [5.41, 5.74) is -1.97. The molecule has 0 aliphatic rings. The molecule has 0 spiro atoms. The first-order valence-electron chi connectivity index (χ1n) is 9.27. The summed E-state index contributed by atoms with van der Waals surface area (Å²) in [6.07, 6.45) is 1.09. The average Bonchev–Trinajstić information content (AvgIpc) is 2.78. The molecule has 3 aromatic carbocycles. The van der Waals surface area contributed by atoms with Crippen molar-refractivity contribution in [2.24, 2.45) is 4.99 Å². The van der Waals surface area contributed by atoms with Crippen molar-refractivity contribution in [2.45, 2.75) is 18.6 Å². The lowest BCUT2D eigenvalue weighted by Gasteiger charge is -2.33. The maximum atomic E-state index is 11.7. The van der Waals surface area contributed by atoms with E-state index in [0.29, 0.717) is 17.2 Å². The number of aliphatic imine (C=N–C) groups is 1. The molecule has 1 atom stereocenters. The highest BCUT2D eigenvalue weighted by Gasteiger charge is 2.37. The van der Waals surface area contributed by atoms with Gasteiger partial charge in [-0.05, 0) is 18.1 Å². The zero-order valence-electron chi connectivity index (χ0n) is 16.5. The van der Waals surface area contributed by atoms with Crippen molar-refractivity contribution in [3.05, 3.63) is 110 Å². The molecule has 31 heavy (non-hydrogen) atoms. The highest BCUT2D eigenvalue weighted by atomic mass is 16.6. The third kappa shape index (κ3) is 4.26. The molecule has 0 aliphatic carbocycles. The predicted octanol–water partition coefficient (Wildman–Crippen LogP) is 3.95. The fraction of sp³-hybridized carbons (Fsp3) is 0.136. The zero-order valence-corrected chi connectivity index (χ0v) is 16.5.